The molecule has 11 heteroatoms. The van der Waals surface area contributed by atoms with E-state index in [1.165, 1.54) is 24.3 Å². The van der Waals surface area contributed by atoms with E-state index >= 15 is 0 Å². The van der Waals surface area contributed by atoms with Crippen LogP contribution in [0.25, 0.3) is 0 Å². The second-order valence-corrected chi connectivity index (χ2v) is 14.9. The SMILES string of the molecule is C[Si](C)(C)[O][Al]([O]c1c(Cl)cc(Cl)cc1Cl)[O]c1c(Cl)cc(Cl)cc1Cl. The van der Waals surface area contributed by atoms with Crippen molar-refractivity contribution in [1.82, 2.24) is 0 Å². The van der Waals surface area contributed by atoms with Crippen LogP contribution in [0.4, 0.5) is 0 Å². The zero-order valence-electron chi connectivity index (χ0n) is 13.9. The molecule has 2 aromatic carbocycles. The van der Waals surface area contributed by atoms with Gasteiger partial charge in [0.1, 0.15) is 11.5 Å². The molecule has 0 bridgehead atoms. The van der Waals surface area contributed by atoms with Gasteiger partial charge in [-0.1, -0.05) is 69.6 Å². The molecular formula is C15H13AlCl6O3Si. The Labute approximate surface area is 188 Å². The Kier molecular flexibility index (Phi) is 8.17. The Morgan fingerprint density at radius 3 is 1.23 bits per heavy atom. The highest BCUT2D eigenvalue weighted by Crippen LogP contribution is 2.39. The fourth-order valence-electron chi connectivity index (χ4n) is 1.84. The number of halogens is 6. The lowest BCUT2D eigenvalue weighted by atomic mass is 10.3. The lowest BCUT2D eigenvalue weighted by Crippen LogP contribution is -2.43. The lowest BCUT2D eigenvalue weighted by Gasteiger charge is -2.24. The van der Waals surface area contributed by atoms with Crippen LogP contribution in [0.2, 0.25) is 49.8 Å². The molecule has 0 amide bonds. The zero-order chi connectivity index (χ0) is 19.6. The van der Waals surface area contributed by atoms with E-state index in [0.29, 0.717) is 10.0 Å². The number of rotatable bonds is 6. The van der Waals surface area contributed by atoms with Crippen molar-refractivity contribution < 1.29 is 11.1 Å². The molecule has 0 unspecified atom stereocenters. The summed E-state index contributed by atoms with van der Waals surface area (Å²) >= 11 is 33.8. The number of hydrogen-bond donors (Lipinski definition) is 0. The molecule has 2 aromatic rings. The van der Waals surface area contributed by atoms with Gasteiger partial charge in [-0.25, -0.2) is 0 Å². The van der Waals surface area contributed by atoms with E-state index in [2.05, 4.69) is 0 Å². The van der Waals surface area contributed by atoms with E-state index in [1.54, 1.807) is 0 Å². The van der Waals surface area contributed by atoms with Crippen molar-refractivity contribution in [1.29, 1.82) is 0 Å². The van der Waals surface area contributed by atoms with Gasteiger partial charge in [-0.05, 0) is 43.9 Å². The van der Waals surface area contributed by atoms with Crippen LogP contribution in [0, 0.1) is 0 Å². The quantitative estimate of drug-likeness (QED) is 0.371. The highest BCUT2D eigenvalue weighted by Gasteiger charge is 2.45. The van der Waals surface area contributed by atoms with Gasteiger partial charge in [0.2, 0.25) is 0 Å². The van der Waals surface area contributed by atoms with Crippen LogP contribution in [-0.2, 0) is 3.48 Å². The van der Waals surface area contributed by atoms with Crippen molar-refractivity contribution >= 4 is 93.1 Å². The Balaban J connectivity index is 2.36. The van der Waals surface area contributed by atoms with Gasteiger partial charge < -0.3 is 11.1 Å². The molecule has 0 heterocycles. The molecule has 140 valence electrons. The number of benzene rings is 2. The van der Waals surface area contributed by atoms with Crippen LogP contribution >= 0.6 is 69.6 Å². The minimum Gasteiger partial charge on any atom is -0.586 e. The normalized spacial score (nSPS) is 11.4. The maximum Gasteiger partial charge on any atom is 1.09 e. The summed E-state index contributed by atoms with van der Waals surface area (Å²) in [4.78, 5) is 0. The third-order valence-corrected chi connectivity index (χ3v) is 8.82. The third kappa shape index (κ3) is 6.53. The topological polar surface area (TPSA) is 27.7 Å². The van der Waals surface area contributed by atoms with Gasteiger partial charge in [-0.2, -0.15) is 0 Å². The van der Waals surface area contributed by atoms with Gasteiger partial charge in [0.15, 0.2) is 8.32 Å². The van der Waals surface area contributed by atoms with E-state index < -0.39 is 23.5 Å². The average Bonchev–Trinajstić information content (AvgIpc) is 2.44. The first-order valence-electron chi connectivity index (χ1n) is 7.26. The Hall–Kier alpha value is 0.489. The molecule has 3 nitrogen and oxygen atoms in total. The smallest absolute Gasteiger partial charge is 0.586 e. The first-order chi connectivity index (χ1) is 12.0. The van der Waals surface area contributed by atoms with Crippen LogP contribution in [0.5, 0.6) is 11.5 Å². The summed E-state index contributed by atoms with van der Waals surface area (Å²) in [5, 5.41) is 1.77. The van der Waals surface area contributed by atoms with Crippen molar-refractivity contribution in [3.63, 3.8) is 0 Å². The fourth-order valence-corrected chi connectivity index (χ4v) is 7.58. The fraction of sp³-hybridized carbons (Fsp3) is 0.200. The van der Waals surface area contributed by atoms with Gasteiger partial charge >= 0.3 is 15.1 Å². The van der Waals surface area contributed by atoms with Crippen molar-refractivity contribution in [2.45, 2.75) is 19.6 Å². The Morgan fingerprint density at radius 1 is 0.654 bits per heavy atom. The van der Waals surface area contributed by atoms with Gasteiger partial charge in [0.05, 0.1) is 20.1 Å². The third-order valence-electron chi connectivity index (χ3n) is 2.80. The number of hydrogen-bond acceptors (Lipinski definition) is 3. The van der Waals surface area contributed by atoms with Crippen molar-refractivity contribution in [2.24, 2.45) is 0 Å². The predicted molar refractivity (Wildman–Crippen MR) is 114 cm³/mol. The maximum absolute atomic E-state index is 6.20. The zero-order valence-corrected chi connectivity index (χ0v) is 20.6. The van der Waals surface area contributed by atoms with Gasteiger partial charge in [0, 0.05) is 10.0 Å². The molecular weight excluding hydrogens is 496 g/mol. The molecule has 0 aliphatic heterocycles. The summed E-state index contributed by atoms with van der Waals surface area (Å²) in [6, 6.07) is 6.08. The molecule has 0 atom stereocenters. The van der Waals surface area contributed by atoms with Crippen molar-refractivity contribution in [2.75, 3.05) is 0 Å². The van der Waals surface area contributed by atoms with Crippen LogP contribution in [0.15, 0.2) is 24.3 Å². The van der Waals surface area contributed by atoms with Crippen molar-refractivity contribution in [3.05, 3.63) is 54.4 Å². The Bertz CT molecular complexity index is 709. The van der Waals surface area contributed by atoms with Crippen LogP contribution in [0.3, 0.4) is 0 Å². The van der Waals surface area contributed by atoms with E-state index in [-0.39, 0.29) is 31.6 Å². The summed E-state index contributed by atoms with van der Waals surface area (Å²) in [5.74, 6) is 0.461. The minimum atomic E-state index is -2.82. The molecule has 0 spiro atoms. The molecule has 0 aliphatic carbocycles. The monoisotopic (exact) mass is 506 g/mol. The van der Waals surface area contributed by atoms with Gasteiger partial charge in [0.25, 0.3) is 0 Å². The molecule has 0 aliphatic rings. The van der Waals surface area contributed by atoms with Gasteiger partial charge in [-0.15, -0.1) is 0 Å². The summed E-state index contributed by atoms with van der Waals surface area (Å²) in [7, 11) is -2.03. The van der Waals surface area contributed by atoms with E-state index in [0.717, 1.165) is 0 Å². The largest absolute Gasteiger partial charge is 1.09 e. The molecule has 0 saturated heterocycles. The second kappa shape index (κ2) is 9.32. The van der Waals surface area contributed by atoms with E-state index in [1.807, 2.05) is 19.6 Å². The first kappa shape index (κ1) is 22.8. The highest BCUT2D eigenvalue weighted by atomic mass is 35.5. The predicted octanol–water partition coefficient (Wildman–Crippen LogP) is 7.90. The second-order valence-electron chi connectivity index (χ2n) is 6.15. The molecule has 26 heavy (non-hydrogen) atoms. The standard InChI is InChI=1S/2C6H3Cl3O.C3H9OSi.Al/c2*7-3-1-4(8)6(10)5(9)2-3;1-5(2,3)4;/h2*1-2,10H;1-3H3;/q;;-1;+3/p-2. The molecule has 2 rings (SSSR count). The molecule has 0 saturated carbocycles. The maximum atomic E-state index is 6.20. The molecule has 0 aromatic heterocycles. The Morgan fingerprint density at radius 2 is 0.962 bits per heavy atom. The van der Waals surface area contributed by atoms with Gasteiger partial charge in [-0.3, -0.25) is 0 Å². The summed E-state index contributed by atoms with van der Waals surface area (Å²) in [5.41, 5.74) is 0. The summed E-state index contributed by atoms with van der Waals surface area (Å²) in [6.45, 7) is 5.99. The van der Waals surface area contributed by atoms with Crippen LogP contribution in [-0.4, -0.2) is 23.5 Å². The van der Waals surface area contributed by atoms with E-state index in [9.17, 15) is 0 Å². The van der Waals surface area contributed by atoms with E-state index in [4.69, 9.17) is 80.7 Å². The molecule has 0 radical (unpaired) electrons. The van der Waals surface area contributed by atoms with Crippen molar-refractivity contribution in [3.8, 4) is 11.5 Å². The highest BCUT2D eigenvalue weighted by molar-refractivity contribution is 6.75. The average molecular weight is 509 g/mol. The molecule has 0 fully saturated rings. The van der Waals surface area contributed by atoms with Crippen LogP contribution < -0.4 is 7.58 Å². The van der Waals surface area contributed by atoms with Crippen LogP contribution in [0.1, 0.15) is 0 Å². The summed E-state index contributed by atoms with van der Waals surface area (Å²) < 4.78 is 17.9. The first-order valence-corrected chi connectivity index (χ1v) is 14.4. The summed E-state index contributed by atoms with van der Waals surface area (Å²) in [6.07, 6.45) is 0. The minimum absolute atomic E-state index is 0.230. The molecule has 0 N–H and O–H groups in total. The lowest BCUT2D eigenvalue weighted by molar-refractivity contribution is 0.305.